The van der Waals surface area contributed by atoms with Gasteiger partial charge >= 0.3 is 0 Å². The quantitative estimate of drug-likeness (QED) is 0.665. The molecule has 1 aromatic heterocycles. The summed E-state index contributed by atoms with van der Waals surface area (Å²) in [5.41, 5.74) is 2.88. The number of amides is 1. The van der Waals surface area contributed by atoms with Gasteiger partial charge in [0, 0.05) is 63.7 Å². The van der Waals surface area contributed by atoms with E-state index in [1.807, 2.05) is 55.1 Å². The van der Waals surface area contributed by atoms with Crippen LogP contribution in [0.2, 0.25) is 5.02 Å². The van der Waals surface area contributed by atoms with Crippen molar-refractivity contribution in [3.8, 4) is 0 Å². The average molecular weight is 442 g/mol. The van der Waals surface area contributed by atoms with Crippen LogP contribution in [0.15, 0.2) is 36.5 Å². The predicted molar refractivity (Wildman–Crippen MR) is 127 cm³/mol. The Morgan fingerprint density at radius 3 is 2.61 bits per heavy atom. The van der Waals surface area contributed by atoms with Crippen molar-refractivity contribution in [3.05, 3.63) is 52.7 Å². The molecule has 1 N–H and O–H groups in total. The second-order valence-corrected chi connectivity index (χ2v) is 9.41. The van der Waals surface area contributed by atoms with E-state index >= 15 is 0 Å². The van der Waals surface area contributed by atoms with Crippen LogP contribution in [-0.4, -0.2) is 74.1 Å². The summed E-state index contributed by atoms with van der Waals surface area (Å²) in [6, 6.07) is 9.85. The van der Waals surface area contributed by atoms with Crippen LogP contribution in [0, 0.1) is 18.8 Å². The summed E-state index contributed by atoms with van der Waals surface area (Å²) < 4.78 is 0. The number of hydrogen-bond acceptors (Lipinski definition) is 5. The minimum absolute atomic E-state index is 0.110. The van der Waals surface area contributed by atoms with Gasteiger partial charge in [-0.05, 0) is 61.6 Å². The summed E-state index contributed by atoms with van der Waals surface area (Å²) >= 11 is 6.20. The zero-order valence-electron chi connectivity index (χ0n) is 18.6. The molecule has 3 heterocycles. The van der Waals surface area contributed by atoms with E-state index < -0.39 is 0 Å². The van der Waals surface area contributed by atoms with Crippen LogP contribution < -0.4 is 10.2 Å². The Labute approximate surface area is 190 Å². The lowest BCUT2D eigenvalue weighted by atomic mass is 10.0. The number of halogens is 1. The minimum Gasteiger partial charge on any atom is -0.385 e. The number of likely N-dealkylation sites (tertiary alicyclic amines) is 2. The van der Waals surface area contributed by atoms with E-state index in [1.165, 1.54) is 0 Å². The second-order valence-electron chi connectivity index (χ2n) is 9.00. The van der Waals surface area contributed by atoms with Gasteiger partial charge in [-0.25, -0.2) is 4.98 Å². The zero-order chi connectivity index (χ0) is 22.0. The zero-order valence-corrected chi connectivity index (χ0v) is 19.4. The maximum Gasteiger partial charge on any atom is 0.257 e. The molecular formula is C24H32ClN5O. The first-order valence-electron chi connectivity index (χ1n) is 11.1. The second kappa shape index (κ2) is 9.45. The fourth-order valence-corrected chi connectivity index (χ4v) is 4.95. The van der Waals surface area contributed by atoms with Crippen LogP contribution in [0.25, 0.3) is 0 Å². The molecule has 2 aliphatic heterocycles. The molecule has 0 saturated carbocycles. The first-order valence-corrected chi connectivity index (χ1v) is 11.4. The van der Waals surface area contributed by atoms with Crippen LogP contribution in [-0.2, 0) is 0 Å². The molecule has 0 spiro atoms. The van der Waals surface area contributed by atoms with E-state index in [0.717, 1.165) is 67.8 Å². The Morgan fingerprint density at radius 1 is 1.19 bits per heavy atom. The molecule has 31 heavy (non-hydrogen) atoms. The number of aromatic nitrogens is 1. The van der Waals surface area contributed by atoms with Crippen molar-refractivity contribution >= 4 is 29.0 Å². The Kier molecular flexibility index (Phi) is 6.68. The van der Waals surface area contributed by atoms with Gasteiger partial charge in [-0.2, -0.15) is 0 Å². The van der Waals surface area contributed by atoms with E-state index in [4.69, 9.17) is 11.6 Å². The van der Waals surface area contributed by atoms with E-state index in [0.29, 0.717) is 17.4 Å². The van der Waals surface area contributed by atoms with Crippen molar-refractivity contribution in [1.82, 2.24) is 14.8 Å². The molecule has 166 valence electrons. The first-order chi connectivity index (χ1) is 14.9. The van der Waals surface area contributed by atoms with E-state index in [2.05, 4.69) is 21.3 Å². The maximum atomic E-state index is 13.1. The standard InChI is InChI=1S/C24H32ClN5O/c1-17-7-8-20(12-22(17)25)26-10-5-11-29-13-18-15-30(16-19(18)14-29)24(31)21-6-4-9-27-23(21)28(2)3/h4,6-9,12,18-19,26H,5,10-11,13-16H2,1-3H3. The van der Waals surface area contributed by atoms with Crippen LogP contribution in [0.4, 0.5) is 11.5 Å². The predicted octanol–water partition coefficient (Wildman–Crippen LogP) is 3.62. The SMILES string of the molecule is Cc1ccc(NCCCN2CC3CN(C(=O)c4cccnc4N(C)C)CC3C2)cc1Cl. The molecule has 1 amide bonds. The lowest BCUT2D eigenvalue weighted by molar-refractivity contribution is 0.0774. The first kappa shape index (κ1) is 21.9. The molecule has 1 aromatic carbocycles. The lowest BCUT2D eigenvalue weighted by Crippen LogP contribution is -2.34. The highest BCUT2D eigenvalue weighted by Gasteiger charge is 2.41. The fraction of sp³-hybridized carbons (Fsp3) is 0.500. The third-order valence-corrected chi connectivity index (χ3v) is 6.85. The van der Waals surface area contributed by atoms with E-state index in [-0.39, 0.29) is 5.91 Å². The van der Waals surface area contributed by atoms with Crippen molar-refractivity contribution in [3.63, 3.8) is 0 Å². The molecule has 0 bridgehead atoms. The number of nitrogens with zero attached hydrogens (tertiary/aromatic N) is 4. The lowest BCUT2D eigenvalue weighted by Gasteiger charge is -2.23. The summed E-state index contributed by atoms with van der Waals surface area (Å²) in [6.07, 6.45) is 2.83. The fourth-order valence-electron chi connectivity index (χ4n) is 4.77. The number of carbonyl (C=O) groups is 1. The van der Waals surface area contributed by atoms with Gasteiger partial charge in [-0.15, -0.1) is 0 Å². The number of fused-ring (bicyclic) bond motifs is 1. The van der Waals surface area contributed by atoms with Gasteiger partial charge in [0.2, 0.25) is 0 Å². The normalized spacial score (nSPS) is 20.7. The summed E-state index contributed by atoms with van der Waals surface area (Å²) in [4.78, 5) is 24.0. The number of nitrogens with one attached hydrogen (secondary N) is 1. The highest BCUT2D eigenvalue weighted by atomic mass is 35.5. The summed E-state index contributed by atoms with van der Waals surface area (Å²) in [5.74, 6) is 2.01. The molecular weight excluding hydrogens is 410 g/mol. The smallest absolute Gasteiger partial charge is 0.257 e. The van der Waals surface area contributed by atoms with Crippen molar-refractivity contribution in [1.29, 1.82) is 0 Å². The number of benzene rings is 1. The highest BCUT2D eigenvalue weighted by molar-refractivity contribution is 6.31. The topological polar surface area (TPSA) is 51.7 Å². The van der Waals surface area contributed by atoms with Gasteiger partial charge in [0.25, 0.3) is 5.91 Å². The Hall–Kier alpha value is -2.31. The van der Waals surface area contributed by atoms with Crippen molar-refractivity contribution in [2.45, 2.75) is 13.3 Å². The average Bonchev–Trinajstić information content (AvgIpc) is 3.32. The van der Waals surface area contributed by atoms with Gasteiger partial charge in [0.15, 0.2) is 0 Å². The van der Waals surface area contributed by atoms with Crippen LogP contribution in [0.1, 0.15) is 22.3 Å². The third kappa shape index (κ3) is 4.96. The summed E-state index contributed by atoms with van der Waals surface area (Å²) in [7, 11) is 3.86. The molecule has 2 saturated heterocycles. The number of hydrogen-bond donors (Lipinski definition) is 1. The molecule has 0 aliphatic carbocycles. The number of anilines is 2. The Balaban J connectivity index is 1.23. The molecule has 2 atom stereocenters. The summed E-state index contributed by atoms with van der Waals surface area (Å²) in [6.45, 7) is 7.90. The molecule has 2 unspecified atom stereocenters. The molecule has 2 aromatic rings. The molecule has 4 rings (SSSR count). The highest BCUT2D eigenvalue weighted by Crippen LogP contribution is 2.32. The number of carbonyl (C=O) groups excluding carboxylic acids is 1. The molecule has 7 heteroatoms. The van der Waals surface area contributed by atoms with Gasteiger partial charge in [-0.3, -0.25) is 4.79 Å². The van der Waals surface area contributed by atoms with E-state index in [1.54, 1.807) is 6.20 Å². The maximum absolute atomic E-state index is 13.1. The van der Waals surface area contributed by atoms with Crippen LogP contribution in [0.5, 0.6) is 0 Å². The molecule has 6 nitrogen and oxygen atoms in total. The van der Waals surface area contributed by atoms with Crippen LogP contribution >= 0.6 is 11.6 Å². The van der Waals surface area contributed by atoms with Gasteiger partial charge in [0.1, 0.15) is 5.82 Å². The van der Waals surface area contributed by atoms with Gasteiger partial charge < -0.3 is 20.0 Å². The van der Waals surface area contributed by atoms with Crippen molar-refractivity contribution in [2.24, 2.45) is 11.8 Å². The number of pyridine rings is 1. The van der Waals surface area contributed by atoms with Gasteiger partial charge in [0.05, 0.1) is 5.56 Å². The largest absolute Gasteiger partial charge is 0.385 e. The molecule has 2 fully saturated rings. The monoisotopic (exact) mass is 441 g/mol. The van der Waals surface area contributed by atoms with E-state index in [9.17, 15) is 4.79 Å². The summed E-state index contributed by atoms with van der Waals surface area (Å²) in [5, 5.41) is 4.27. The van der Waals surface area contributed by atoms with Gasteiger partial charge in [-0.1, -0.05) is 17.7 Å². The van der Waals surface area contributed by atoms with Crippen molar-refractivity contribution < 1.29 is 4.79 Å². The third-order valence-electron chi connectivity index (χ3n) is 6.44. The number of aryl methyl sites for hydroxylation is 1. The number of rotatable bonds is 7. The Morgan fingerprint density at radius 2 is 1.94 bits per heavy atom. The van der Waals surface area contributed by atoms with Crippen molar-refractivity contribution in [2.75, 3.05) is 63.6 Å². The molecule has 2 aliphatic rings. The van der Waals surface area contributed by atoms with Crippen LogP contribution in [0.3, 0.4) is 0 Å². The Bertz CT molecular complexity index is 920. The minimum atomic E-state index is 0.110. The molecule has 0 radical (unpaired) electrons.